The van der Waals surface area contributed by atoms with E-state index in [0.29, 0.717) is 6.42 Å². The molecule has 0 aliphatic carbocycles. The molecule has 0 radical (unpaired) electrons. The molecule has 0 aliphatic heterocycles. The molecule has 0 bridgehead atoms. The SMILES string of the molecule is Cc1ccccc1CSCCCCC(=O)NN. The molecular formula is C13H20N2OS. The number of hydrazine groups is 1. The van der Waals surface area contributed by atoms with Crippen LogP contribution in [0.2, 0.25) is 0 Å². The molecule has 1 aromatic rings. The minimum absolute atomic E-state index is 0.0751. The molecule has 0 unspecified atom stereocenters. The number of hydrogen-bond donors (Lipinski definition) is 2. The van der Waals surface area contributed by atoms with E-state index in [-0.39, 0.29) is 5.91 Å². The van der Waals surface area contributed by atoms with Gasteiger partial charge in [0.05, 0.1) is 0 Å². The van der Waals surface area contributed by atoms with Crippen molar-refractivity contribution < 1.29 is 4.79 Å². The quantitative estimate of drug-likeness (QED) is 0.339. The Morgan fingerprint density at radius 1 is 1.35 bits per heavy atom. The van der Waals surface area contributed by atoms with Gasteiger partial charge >= 0.3 is 0 Å². The van der Waals surface area contributed by atoms with Gasteiger partial charge in [0.2, 0.25) is 5.91 Å². The molecule has 0 saturated carbocycles. The van der Waals surface area contributed by atoms with Crippen LogP contribution < -0.4 is 11.3 Å². The molecule has 0 aromatic heterocycles. The van der Waals surface area contributed by atoms with E-state index < -0.39 is 0 Å². The second-order valence-corrected chi connectivity index (χ2v) is 5.11. The number of unbranched alkanes of at least 4 members (excludes halogenated alkanes) is 1. The predicted molar refractivity (Wildman–Crippen MR) is 73.5 cm³/mol. The lowest BCUT2D eigenvalue weighted by molar-refractivity contribution is -0.121. The van der Waals surface area contributed by atoms with E-state index >= 15 is 0 Å². The molecular weight excluding hydrogens is 232 g/mol. The first-order chi connectivity index (χ1) is 8.24. The van der Waals surface area contributed by atoms with E-state index in [2.05, 4.69) is 36.6 Å². The molecule has 3 N–H and O–H groups in total. The zero-order chi connectivity index (χ0) is 12.5. The van der Waals surface area contributed by atoms with Gasteiger partial charge in [0.25, 0.3) is 0 Å². The van der Waals surface area contributed by atoms with Gasteiger partial charge in [-0.1, -0.05) is 24.3 Å². The molecule has 1 rings (SSSR count). The van der Waals surface area contributed by atoms with Crippen molar-refractivity contribution in [1.82, 2.24) is 5.43 Å². The van der Waals surface area contributed by atoms with Gasteiger partial charge < -0.3 is 0 Å². The van der Waals surface area contributed by atoms with Crippen LogP contribution in [0.5, 0.6) is 0 Å². The Balaban J connectivity index is 2.09. The highest BCUT2D eigenvalue weighted by atomic mass is 32.2. The summed E-state index contributed by atoms with van der Waals surface area (Å²) >= 11 is 1.92. The average molecular weight is 252 g/mol. The number of hydrogen-bond acceptors (Lipinski definition) is 3. The maximum absolute atomic E-state index is 10.9. The molecule has 4 heteroatoms. The van der Waals surface area contributed by atoms with Gasteiger partial charge in [0.1, 0.15) is 0 Å². The highest BCUT2D eigenvalue weighted by Crippen LogP contribution is 2.17. The highest BCUT2D eigenvalue weighted by molar-refractivity contribution is 7.98. The number of nitrogens with two attached hydrogens (primary N) is 1. The number of aryl methyl sites for hydroxylation is 1. The van der Waals surface area contributed by atoms with Gasteiger partial charge in [0, 0.05) is 12.2 Å². The van der Waals surface area contributed by atoms with Crippen LogP contribution in [0.4, 0.5) is 0 Å². The number of rotatable bonds is 7. The summed E-state index contributed by atoms with van der Waals surface area (Å²) in [6.07, 6.45) is 2.50. The molecule has 0 aliphatic rings. The van der Waals surface area contributed by atoms with E-state index in [1.807, 2.05) is 11.8 Å². The molecule has 0 fully saturated rings. The fourth-order valence-corrected chi connectivity index (χ4v) is 2.61. The maximum atomic E-state index is 10.9. The van der Waals surface area contributed by atoms with Crippen LogP contribution in [0.25, 0.3) is 0 Å². The average Bonchev–Trinajstić information content (AvgIpc) is 2.35. The van der Waals surface area contributed by atoms with Gasteiger partial charge in [-0.3, -0.25) is 10.2 Å². The van der Waals surface area contributed by atoms with Crippen LogP contribution in [-0.4, -0.2) is 11.7 Å². The Morgan fingerprint density at radius 3 is 2.82 bits per heavy atom. The fraction of sp³-hybridized carbons (Fsp3) is 0.462. The zero-order valence-corrected chi connectivity index (χ0v) is 11.1. The summed E-state index contributed by atoms with van der Waals surface area (Å²) in [5.41, 5.74) is 4.89. The van der Waals surface area contributed by atoms with Crippen LogP contribution in [0.1, 0.15) is 30.4 Å². The smallest absolute Gasteiger partial charge is 0.233 e. The van der Waals surface area contributed by atoms with Crippen molar-refractivity contribution in [3.05, 3.63) is 35.4 Å². The van der Waals surface area contributed by atoms with E-state index in [4.69, 9.17) is 5.84 Å². The van der Waals surface area contributed by atoms with Crippen LogP contribution in [0.15, 0.2) is 24.3 Å². The molecule has 3 nitrogen and oxygen atoms in total. The normalized spacial score (nSPS) is 10.2. The first-order valence-electron chi connectivity index (χ1n) is 5.85. The molecule has 1 amide bonds. The van der Waals surface area contributed by atoms with Crippen molar-refractivity contribution in [3.8, 4) is 0 Å². The van der Waals surface area contributed by atoms with Gasteiger partial charge in [0.15, 0.2) is 0 Å². The number of benzene rings is 1. The van der Waals surface area contributed by atoms with Crippen molar-refractivity contribution in [2.24, 2.45) is 5.84 Å². The lowest BCUT2D eigenvalue weighted by atomic mass is 10.1. The summed E-state index contributed by atoms with van der Waals surface area (Å²) in [5, 5.41) is 0. The standard InChI is InChI=1S/C13H20N2OS/c1-11-6-2-3-7-12(11)10-17-9-5-4-8-13(16)15-14/h2-3,6-7H,4-5,8-10,14H2,1H3,(H,15,16). The fourth-order valence-electron chi connectivity index (χ4n) is 1.52. The predicted octanol–water partition coefficient (Wildman–Crippen LogP) is 2.39. The first-order valence-corrected chi connectivity index (χ1v) is 7.01. The third-order valence-electron chi connectivity index (χ3n) is 2.62. The first kappa shape index (κ1) is 14.1. The van der Waals surface area contributed by atoms with E-state index in [9.17, 15) is 4.79 Å². The summed E-state index contributed by atoms with van der Waals surface area (Å²) in [6.45, 7) is 2.14. The third-order valence-corrected chi connectivity index (χ3v) is 3.71. The minimum atomic E-state index is -0.0751. The zero-order valence-electron chi connectivity index (χ0n) is 10.2. The van der Waals surface area contributed by atoms with E-state index in [0.717, 1.165) is 24.3 Å². The van der Waals surface area contributed by atoms with Gasteiger partial charge in [-0.15, -0.1) is 0 Å². The molecule has 0 spiro atoms. The van der Waals surface area contributed by atoms with Crippen LogP contribution >= 0.6 is 11.8 Å². The second-order valence-electron chi connectivity index (χ2n) is 4.00. The molecule has 0 atom stereocenters. The Bertz CT molecular complexity index is 355. The Kier molecular flexibility index (Phi) is 6.74. The van der Waals surface area contributed by atoms with Crippen molar-refractivity contribution in [2.45, 2.75) is 31.9 Å². The number of carbonyl (C=O) groups is 1. The Hall–Kier alpha value is -1.00. The summed E-state index contributed by atoms with van der Waals surface area (Å²) in [7, 11) is 0. The summed E-state index contributed by atoms with van der Waals surface area (Å²) in [6, 6.07) is 8.45. The van der Waals surface area contributed by atoms with E-state index in [1.165, 1.54) is 11.1 Å². The lowest BCUT2D eigenvalue weighted by Gasteiger charge is -2.05. The largest absolute Gasteiger partial charge is 0.294 e. The summed E-state index contributed by atoms with van der Waals surface area (Å²) in [5.74, 6) is 7.07. The van der Waals surface area contributed by atoms with Crippen LogP contribution in [0, 0.1) is 6.92 Å². The van der Waals surface area contributed by atoms with Crippen LogP contribution in [-0.2, 0) is 10.5 Å². The van der Waals surface area contributed by atoms with Crippen LogP contribution in [0.3, 0.4) is 0 Å². The van der Waals surface area contributed by atoms with Gasteiger partial charge in [-0.25, -0.2) is 5.84 Å². The topological polar surface area (TPSA) is 55.1 Å². The van der Waals surface area contributed by atoms with Crippen molar-refractivity contribution in [1.29, 1.82) is 0 Å². The maximum Gasteiger partial charge on any atom is 0.233 e. The Morgan fingerprint density at radius 2 is 2.12 bits per heavy atom. The number of nitrogens with one attached hydrogen (secondary N) is 1. The molecule has 1 aromatic carbocycles. The van der Waals surface area contributed by atoms with Crippen molar-refractivity contribution >= 4 is 17.7 Å². The minimum Gasteiger partial charge on any atom is -0.294 e. The monoisotopic (exact) mass is 252 g/mol. The summed E-state index contributed by atoms with van der Waals surface area (Å²) < 4.78 is 0. The lowest BCUT2D eigenvalue weighted by Crippen LogP contribution is -2.29. The highest BCUT2D eigenvalue weighted by Gasteiger charge is 1.99. The summed E-state index contributed by atoms with van der Waals surface area (Å²) in [4.78, 5) is 10.9. The third kappa shape index (κ3) is 5.75. The van der Waals surface area contributed by atoms with Crippen molar-refractivity contribution in [2.75, 3.05) is 5.75 Å². The van der Waals surface area contributed by atoms with Gasteiger partial charge in [-0.05, 0) is 36.6 Å². The van der Waals surface area contributed by atoms with E-state index in [1.54, 1.807) is 0 Å². The molecule has 0 heterocycles. The number of amides is 1. The van der Waals surface area contributed by atoms with Crippen molar-refractivity contribution in [3.63, 3.8) is 0 Å². The Labute approximate surface area is 107 Å². The second kappa shape index (κ2) is 8.14. The molecule has 94 valence electrons. The number of thioether (sulfide) groups is 1. The number of carbonyl (C=O) groups excluding carboxylic acids is 1. The van der Waals surface area contributed by atoms with Gasteiger partial charge in [-0.2, -0.15) is 11.8 Å². The molecule has 17 heavy (non-hydrogen) atoms. The molecule has 0 saturated heterocycles.